The molecule has 1 fully saturated rings. The first-order chi connectivity index (χ1) is 9.55. The van der Waals surface area contributed by atoms with Gasteiger partial charge in [-0.05, 0) is 26.2 Å². The third kappa shape index (κ3) is 3.60. The van der Waals surface area contributed by atoms with Crippen LogP contribution in [0.2, 0.25) is 0 Å². The minimum absolute atomic E-state index is 0.637. The first-order valence-electron chi connectivity index (χ1n) is 7.95. The van der Waals surface area contributed by atoms with Gasteiger partial charge in [0.2, 0.25) is 0 Å². The SMILES string of the molecule is CCC1CN(Cc2nc(C)c(C)s2)C(C(C)CC)CN1. The van der Waals surface area contributed by atoms with Crippen molar-refractivity contribution >= 4 is 11.3 Å². The van der Waals surface area contributed by atoms with E-state index in [-0.39, 0.29) is 0 Å². The third-order valence-electron chi connectivity index (χ3n) is 4.74. The largest absolute Gasteiger partial charge is 0.311 e. The van der Waals surface area contributed by atoms with E-state index >= 15 is 0 Å². The Labute approximate surface area is 127 Å². The van der Waals surface area contributed by atoms with Crippen LogP contribution in [-0.4, -0.2) is 35.1 Å². The lowest BCUT2D eigenvalue weighted by molar-refractivity contribution is 0.0832. The van der Waals surface area contributed by atoms with Crippen LogP contribution in [0.4, 0.5) is 0 Å². The molecule has 0 aromatic carbocycles. The lowest BCUT2D eigenvalue weighted by Crippen LogP contribution is -2.57. The molecular formula is C16H29N3S. The summed E-state index contributed by atoms with van der Waals surface area (Å²) in [6.45, 7) is 14.5. The molecule has 1 aliphatic rings. The number of aromatic nitrogens is 1. The van der Waals surface area contributed by atoms with Gasteiger partial charge in [0.05, 0.1) is 12.2 Å². The fourth-order valence-electron chi connectivity index (χ4n) is 2.97. The Hall–Kier alpha value is -0.450. The minimum Gasteiger partial charge on any atom is -0.311 e. The maximum Gasteiger partial charge on any atom is 0.107 e. The van der Waals surface area contributed by atoms with Gasteiger partial charge in [-0.3, -0.25) is 4.90 Å². The number of piperazine rings is 1. The number of thiazole rings is 1. The molecule has 1 aromatic rings. The molecule has 3 nitrogen and oxygen atoms in total. The highest BCUT2D eigenvalue weighted by atomic mass is 32.1. The van der Waals surface area contributed by atoms with Gasteiger partial charge in [-0.2, -0.15) is 0 Å². The average molecular weight is 295 g/mol. The third-order valence-corrected chi connectivity index (χ3v) is 5.80. The minimum atomic E-state index is 0.637. The van der Waals surface area contributed by atoms with Gasteiger partial charge in [-0.25, -0.2) is 4.98 Å². The van der Waals surface area contributed by atoms with Crippen molar-refractivity contribution in [2.45, 2.75) is 66.1 Å². The van der Waals surface area contributed by atoms with Crippen LogP contribution < -0.4 is 5.32 Å². The van der Waals surface area contributed by atoms with Crippen LogP contribution in [0.25, 0.3) is 0 Å². The molecule has 0 amide bonds. The van der Waals surface area contributed by atoms with E-state index in [0.29, 0.717) is 12.1 Å². The second kappa shape index (κ2) is 7.01. The van der Waals surface area contributed by atoms with E-state index in [4.69, 9.17) is 4.98 Å². The predicted molar refractivity (Wildman–Crippen MR) is 87.3 cm³/mol. The highest BCUT2D eigenvalue weighted by Gasteiger charge is 2.30. The molecule has 2 rings (SSSR count). The van der Waals surface area contributed by atoms with Crippen LogP contribution in [0.5, 0.6) is 0 Å². The van der Waals surface area contributed by atoms with Crippen molar-refractivity contribution < 1.29 is 0 Å². The standard InChI is InChI=1S/C16H29N3S/c1-6-11(3)15-8-17-14(7-2)9-19(15)10-16-18-12(4)13(5)20-16/h11,14-15,17H,6-10H2,1-5H3. The summed E-state index contributed by atoms with van der Waals surface area (Å²) >= 11 is 1.87. The van der Waals surface area contributed by atoms with Crippen LogP contribution in [0.3, 0.4) is 0 Å². The molecule has 0 aliphatic carbocycles. The number of rotatable bonds is 5. The zero-order valence-corrected chi connectivity index (χ0v) is 14.4. The number of nitrogens with one attached hydrogen (secondary N) is 1. The number of hydrogen-bond acceptors (Lipinski definition) is 4. The van der Waals surface area contributed by atoms with Gasteiger partial charge in [0.25, 0.3) is 0 Å². The van der Waals surface area contributed by atoms with E-state index < -0.39 is 0 Å². The van der Waals surface area contributed by atoms with Crippen molar-refractivity contribution in [1.82, 2.24) is 15.2 Å². The van der Waals surface area contributed by atoms with Crippen molar-refractivity contribution in [3.05, 3.63) is 15.6 Å². The number of nitrogens with zero attached hydrogens (tertiary/aromatic N) is 2. The zero-order chi connectivity index (χ0) is 14.7. The number of hydrogen-bond donors (Lipinski definition) is 1. The van der Waals surface area contributed by atoms with Crippen molar-refractivity contribution in [1.29, 1.82) is 0 Å². The van der Waals surface area contributed by atoms with Crippen LogP contribution in [-0.2, 0) is 6.54 Å². The van der Waals surface area contributed by atoms with E-state index in [1.165, 1.54) is 28.4 Å². The molecule has 4 heteroatoms. The molecule has 0 saturated carbocycles. The second-order valence-electron chi connectivity index (χ2n) is 6.14. The summed E-state index contributed by atoms with van der Waals surface area (Å²) in [5, 5.41) is 4.99. The Kier molecular flexibility index (Phi) is 5.58. The fraction of sp³-hybridized carbons (Fsp3) is 0.812. The van der Waals surface area contributed by atoms with Gasteiger partial charge in [-0.15, -0.1) is 11.3 Å². The van der Waals surface area contributed by atoms with Crippen LogP contribution >= 0.6 is 11.3 Å². The summed E-state index contributed by atoms with van der Waals surface area (Å²) in [4.78, 5) is 8.76. The number of aryl methyl sites for hydroxylation is 2. The van der Waals surface area contributed by atoms with Crippen LogP contribution in [0.1, 0.15) is 49.2 Å². The molecule has 1 N–H and O–H groups in total. The summed E-state index contributed by atoms with van der Waals surface area (Å²) in [7, 11) is 0. The predicted octanol–water partition coefficient (Wildman–Crippen LogP) is 3.36. The van der Waals surface area contributed by atoms with Crippen molar-refractivity contribution in [3.63, 3.8) is 0 Å². The summed E-state index contributed by atoms with van der Waals surface area (Å²) in [5.74, 6) is 0.738. The first kappa shape index (κ1) is 15.9. The van der Waals surface area contributed by atoms with E-state index in [1.807, 2.05) is 11.3 Å². The monoisotopic (exact) mass is 295 g/mol. The van der Waals surface area contributed by atoms with Gasteiger partial charge < -0.3 is 5.32 Å². The maximum absolute atomic E-state index is 4.73. The molecule has 0 bridgehead atoms. The van der Waals surface area contributed by atoms with Crippen molar-refractivity contribution in [3.8, 4) is 0 Å². The highest BCUT2D eigenvalue weighted by Crippen LogP contribution is 2.24. The summed E-state index contributed by atoms with van der Waals surface area (Å²) < 4.78 is 0. The van der Waals surface area contributed by atoms with Gasteiger partial charge >= 0.3 is 0 Å². The Morgan fingerprint density at radius 2 is 2.15 bits per heavy atom. The Bertz CT molecular complexity index is 410. The highest BCUT2D eigenvalue weighted by molar-refractivity contribution is 7.11. The van der Waals surface area contributed by atoms with Crippen LogP contribution in [0, 0.1) is 19.8 Å². The van der Waals surface area contributed by atoms with Gasteiger partial charge in [-0.1, -0.05) is 27.2 Å². The summed E-state index contributed by atoms with van der Waals surface area (Å²) in [6, 6.07) is 1.28. The molecule has 2 heterocycles. The van der Waals surface area contributed by atoms with E-state index in [1.54, 1.807) is 0 Å². The van der Waals surface area contributed by atoms with Crippen LogP contribution in [0.15, 0.2) is 0 Å². The normalized spacial score (nSPS) is 25.9. The molecule has 114 valence electrons. The zero-order valence-electron chi connectivity index (χ0n) is 13.6. The van der Waals surface area contributed by atoms with Gasteiger partial charge in [0.15, 0.2) is 0 Å². The molecule has 0 spiro atoms. The van der Waals surface area contributed by atoms with E-state index in [0.717, 1.165) is 25.6 Å². The van der Waals surface area contributed by atoms with Gasteiger partial charge in [0.1, 0.15) is 5.01 Å². The smallest absolute Gasteiger partial charge is 0.107 e. The second-order valence-corrected chi connectivity index (χ2v) is 7.43. The summed E-state index contributed by atoms with van der Waals surface area (Å²) in [5.41, 5.74) is 1.20. The molecule has 1 saturated heterocycles. The van der Waals surface area contributed by atoms with Crippen molar-refractivity contribution in [2.75, 3.05) is 13.1 Å². The lowest BCUT2D eigenvalue weighted by Gasteiger charge is -2.42. The molecule has 0 radical (unpaired) electrons. The van der Waals surface area contributed by atoms with Gasteiger partial charge in [0, 0.05) is 30.1 Å². The molecule has 3 atom stereocenters. The quantitative estimate of drug-likeness (QED) is 0.903. The molecular weight excluding hydrogens is 266 g/mol. The van der Waals surface area contributed by atoms with E-state index in [9.17, 15) is 0 Å². The van der Waals surface area contributed by atoms with Crippen molar-refractivity contribution in [2.24, 2.45) is 5.92 Å². The molecule has 3 unspecified atom stereocenters. The topological polar surface area (TPSA) is 28.2 Å². The Morgan fingerprint density at radius 3 is 2.70 bits per heavy atom. The molecule has 1 aromatic heterocycles. The first-order valence-corrected chi connectivity index (χ1v) is 8.77. The Balaban J connectivity index is 2.10. The Morgan fingerprint density at radius 1 is 1.40 bits per heavy atom. The maximum atomic E-state index is 4.73. The summed E-state index contributed by atoms with van der Waals surface area (Å²) in [6.07, 6.45) is 2.45. The molecule has 20 heavy (non-hydrogen) atoms. The fourth-order valence-corrected chi connectivity index (χ4v) is 3.93. The molecule has 1 aliphatic heterocycles. The van der Waals surface area contributed by atoms with E-state index in [2.05, 4.69) is 44.8 Å². The lowest BCUT2D eigenvalue weighted by atomic mass is 9.94. The average Bonchev–Trinajstić information content (AvgIpc) is 2.76.